The zero-order valence-electron chi connectivity index (χ0n) is 9.04. The van der Waals surface area contributed by atoms with Crippen molar-refractivity contribution in [1.29, 1.82) is 0 Å². The van der Waals surface area contributed by atoms with Crippen LogP contribution in [0.4, 0.5) is 0 Å². The Morgan fingerprint density at radius 1 is 1.35 bits per heavy atom. The Hall–Kier alpha value is -2.01. The van der Waals surface area contributed by atoms with Crippen LogP contribution in [-0.2, 0) is 0 Å². The smallest absolute Gasteiger partial charge is 0.344 e. The van der Waals surface area contributed by atoms with Crippen molar-refractivity contribution in [3.05, 3.63) is 40.6 Å². The molecule has 0 aliphatic carbocycles. The molecule has 1 aromatic carbocycles. The standard InChI is InChI=1S/C12H10O4S/c1-15-11-3-2-9(6-10(11)13)16-12(14)8-4-5-17-7-8/h2-7,13H,1H3. The quantitative estimate of drug-likeness (QED) is 0.672. The van der Waals surface area contributed by atoms with E-state index >= 15 is 0 Å². The third kappa shape index (κ3) is 2.57. The van der Waals surface area contributed by atoms with E-state index in [1.807, 2.05) is 0 Å². The molecule has 0 spiro atoms. The number of phenolic OH excluding ortho intramolecular Hbond substituents is 1. The highest BCUT2D eigenvalue weighted by atomic mass is 32.1. The molecule has 0 radical (unpaired) electrons. The lowest BCUT2D eigenvalue weighted by molar-refractivity contribution is 0.0735. The summed E-state index contributed by atoms with van der Waals surface area (Å²) in [6.45, 7) is 0. The minimum Gasteiger partial charge on any atom is -0.504 e. The molecule has 88 valence electrons. The van der Waals surface area contributed by atoms with Gasteiger partial charge in [-0.25, -0.2) is 4.79 Å². The highest BCUT2D eigenvalue weighted by molar-refractivity contribution is 7.08. The molecular weight excluding hydrogens is 240 g/mol. The van der Waals surface area contributed by atoms with Crippen LogP contribution in [0.1, 0.15) is 10.4 Å². The molecule has 2 aromatic rings. The maximum Gasteiger partial charge on any atom is 0.344 e. The summed E-state index contributed by atoms with van der Waals surface area (Å²) in [6.07, 6.45) is 0. The van der Waals surface area contributed by atoms with Gasteiger partial charge >= 0.3 is 5.97 Å². The van der Waals surface area contributed by atoms with Crippen LogP contribution < -0.4 is 9.47 Å². The van der Waals surface area contributed by atoms with Gasteiger partial charge in [-0.05, 0) is 23.6 Å². The lowest BCUT2D eigenvalue weighted by atomic mass is 10.3. The Bertz CT molecular complexity index is 519. The van der Waals surface area contributed by atoms with Gasteiger partial charge in [0.2, 0.25) is 0 Å². The minimum absolute atomic E-state index is 0.0666. The van der Waals surface area contributed by atoms with Crippen molar-refractivity contribution in [3.8, 4) is 17.2 Å². The summed E-state index contributed by atoms with van der Waals surface area (Å²) in [5, 5.41) is 13.0. The molecule has 0 atom stereocenters. The molecule has 0 bridgehead atoms. The van der Waals surface area contributed by atoms with Crippen LogP contribution in [0.5, 0.6) is 17.2 Å². The molecule has 0 amide bonds. The summed E-state index contributed by atoms with van der Waals surface area (Å²) in [5.41, 5.74) is 0.491. The number of hydrogen-bond donors (Lipinski definition) is 1. The van der Waals surface area contributed by atoms with E-state index < -0.39 is 5.97 Å². The largest absolute Gasteiger partial charge is 0.504 e. The average Bonchev–Trinajstić information content (AvgIpc) is 2.82. The Morgan fingerprint density at radius 3 is 2.76 bits per heavy atom. The summed E-state index contributed by atoms with van der Waals surface area (Å²) >= 11 is 1.42. The number of hydrogen-bond acceptors (Lipinski definition) is 5. The normalized spacial score (nSPS) is 9.94. The summed E-state index contributed by atoms with van der Waals surface area (Å²) in [6, 6.07) is 6.11. The highest BCUT2D eigenvalue weighted by Crippen LogP contribution is 2.30. The predicted molar refractivity (Wildman–Crippen MR) is 63.9 cm³/mol. The van der Waals surface area contributed by atoms with Gasteiger partial charge in [-0.15, -0.1) is 0 Å². The number of carbonyl (C=O) groups is 1. The second-order valence-electron chi connectivity index (χ2n) is 3.24. The molecule has 0 unspecified atom stereocenters. The number of aromatic hydroxyl groups is 1. The number of thiophene rings is 1. The first-order valence-corrected chi connectivity index (χ1v) is 5.76. The van der Waals surface area contributed by atoms with E-state index in [1.165, 1.54) is 30.6 Å². The molecule has 2 rings (SSSR count). The van der Waals surface area contributed by atoms with Crippen molar-refractivity contribution in [3.63, 3.8) is 0 Å². The average molecular weight is 250 g/mol. The summed E-state index contributed by atoms with van der Waals surface area (Å²) in [5.74, 6) is 0.0961. The maximum atomic E-state index is 11.6. The molecule has 0 aliphatic rings. The second kappa shape index (κ2) is 4.88. The molecule has 4 nitrogen and oxygen atoms in total. The van der Waals surface area contributed by atoms with Crippen LogP contribution >= 0.6 is 11.3 Å². The van der Waals surface area contributed by atoms with E-state index in [-0.39, 0.29) is 11.5 Å². The van der Waals surface area contributed by atoms with Gasteiger partial charge in [-0.1, -0.05) is 0 Å². The van der Waals surface area contributed by atoms with E-state index in [9.17, 15) is 9.90 Å². The maximum absolute atomic E-state index is 11.6. The van der Waals surface area contributed by atoms with Gasteiger partial charge in [0.1, 0.15) is 5.75 Å². The Labute approximate surface area is 102 Å². The van der Waals surface area contributed by atoms with Crippen LogP contribution in [0.25, 0.3) is 0 Å². The van der Waals surface area contributed by atoms with Crippen LogP contribution in [0.15, 0.2) is 35.0 Å². The Morgan fingerprint density at radius 2 is 2.18 bits per heavy atom. The third-order valence-electron chi connectivity index (χ3n) is 2.12. The molecular formula is C12H10O4S. The fraction of sp³-hybridized carbons (Fsp3) is 0.0833. The molecule has 1 heterocycles. The van der Waals surface area contributed by atoms with E-state index in [4.69, 9.17) is 9.47 Å². The fourth-order valence-corrected chi connectivity index (χ4v) is 1.91. The molecule has 0 saturated heterocycles. The van der Waals surface area contributed by atoms with Crippen LogP contribution in [0, 0.1) is 0 Å². The molecule has 17 heavy (non-hydrogen) atoms. The number of rotatable bonds is 3. The van der Waals surface area contributed by atoms with E-state index in [2.05, 4.69) is 0 Å². The van der Waals surface area contributed by atoms with Gasteiger partial charge in [0.25, 0.3) is 0 Å². The van der Waals surface area contributed by atoms with Crippen molar-refractivity contribution in [2.75, 3.05) is 7.11 Å². The van der Waals surface area contributed by atoms with Crippen LogP contribution in [-0.4, -0.2) is 18.2 Å². The Kier molecular flexibility index (Phi) is 3.30. The van der Waals surface area contributed by atoms with Crippen LogP contribution in [0.2, 0.25) is 0 Å². The minimum atomic E-state index is -0.448. The summed E-state index contributed by atoms with van der Waals surface area (Å²) in [7, 11) is 1.45. The van der Waals surface area contributed by atoms with Gasteiger partial charge in [0.05, 0.1) is 12.7 Å². The molecule has 5 heteroatoms. The summed E-state index contributed by atoms with van der Waals surface area (Å²) in [4.78, 5) is 11.6. The summed E-state index contributed by atoms with van der Waals surface area (Å²) < 4.78 is 9.98. The zero-order valence-corrected chi connectivity index (χ0v) is 9.86. The molecule has 0 saturated carbocycles. The van der Waals surface area contributed by atoms with Gasteiger partial charge in [-0.2, -0.15) is 11.3 Å². The third-order valence-corrected chi connectivity index (χ3v) is 2.80. The zero-order chi connectivity index (χ0) is 12.3. The SMILES string of the molecule is COc1ccc(OC(=O)c2ccsc2)cc1O. The Balaban J connectivity index is 2.14. The first kappa shape index (κ1) is 11.5. The molecule has 0 fully saturated rings. The first-order chi connectivity index (χ1) is 8.20. The number of ether oxygens (including phenoxy) is 2. The number of methoxy groups -OCH3 is 1. The lowest BCUT2D eigenvalue weighted by Gasteiger charge is -2.06. The van der Waals surface area contributed by atoms with E-state index in [0.717, 1.165) is 0 Å². The number of carbonyl (C=O) groups excluding carboxylic acids is 1. The van der Waals surface area contributed by atoms with Crippen molar-refractivity contribution < 1.29 is 19.4 Å². The van der Waals surface area contributed by atoms with Gasteiger partial charge in [0.15, 0.2) is 11.5 Å². The topological polar surface area (TPSA) is 55.8 Å². The first-order valence-electron chi connectivity index (χ1n) is 4.82. The monoisotopic (exact) mass is 250 g/mol. The van der Waals surface area contributed by atoms with E-state index in [1.54, 1.807) is 22.9 Å². The predicted octanol–water partition coefficient (Wildman–Crippen LogP) is 2.68. The lowest BCUT2D eigenvalue weighted by Crippen LogP contribution is -2.06. The van der Waals surface area contributed by atoms with Crippen molar-refractivity contribution in [1.82, 2.24) is 0 Å². The highest BCUT2D eigenvalue weighted by Gasteiger charge is 2.10. The number of benzene rings is 1. The van der Waals surface area contributed by atoms with Crippen molar-refractivity contribution in [2.45, 2.75) is 0 Å². The number of esters is 1. The van der Waals surface area contributed by atoms with Crippen molar-refractivity contribution >= 4 is 17.3 Å². The molecule has 0 aliphatic heterocycles. The van der Waals surface area contributed by atoms with Gasteiger partial charge in [0, 0.05) is 11.4 Å². The second-order valence-corrected chi connectivity index (χ2v) is 4.02. The molecule has 1 N–H and O–H groups in total. The van der Waals surface area contributed by atoms with E-state index in [0.29, 0.717) is 11.3 Å². The molecule has 1 aromatic heterocycles. The van der Waals surface area contributed by atoms with Crippen LogP contribution in [0.3, 0.4) is 0 Å². The van der Waals surface area contributed by atoms with Gasteiger partial charge < -0.3 is 14.6 Å². The van der Waals surface area contributed by atoms with Crippen molar-refractivity contribution in [2.24, 2.45) is 0 Å². The number of phenols is 1. The fourth-order valence-electron chi connectivity index (χ4n) is 1.28. The van der Waals surface area contributed by atoms with Gasteiger partial charge in [-0.3, -0.25) is 0 Å².